The van der Waals surface area contributed by atoms with Gasteiger partial charge in [-0.1, -0.05) is 24.2 Å². The molecule has 0 aromatic carbocycles. The highest BCUT2D eigenvalue weighted by molar-refractivity contribution is 7.17. The molecule has 0 amide bonds. The molecule has 26 nitrogen and oxygen atoms in total. The SMILES string of the molecule is C=C(C)C(=O)OCCC[Si](O[Si](C)(C)C)(O[Si](C)(C)C)O[Si](C)(C)C.C=CC(=O)OCCC[Si](O[Si](C)(C)C)(O[Si](C)(C)C)O[Si](C)(C)C.C=C[Si](O[Si](C)(C)C)(O[Si](C)(C)C)O[Si](C)(C)C.C[Si](C)(C)O[SiH](O[Si](C)(C)C)O[Si](C)(C)C.C[Si](C)(C)O[Si](CCCCl)(O[Si](C)(C)C)O[Si](C)(C)C.C[Si](C)(C)O[Si](CCCN)(O[Si](C)(C)C)O[Si](C)(C)C.C[Si](C)(C)O[Si](Cl)(O[Si](C)(C)C)O[Si](C)(C)C. The maximum absolute atomic E-state index is 11.6. The number of hydrogen-bond acceptors (Lipinski definition) is 26. The van der Waals surface area contributed by atoms with E-state index < -0.39 is 242 Å². The van der Waals surface area contributed by atoms with Crippen LogP contribution in [0.4, 0.5) is 0 Å². The van der Waals surface area contributed by atoms with Gasteiger partial charge in [0.15, 0.2) is 175 Å². The summed E-state index contributed by atoms with van der Waals surface area (Å²) < 4.78 is 144. The minimum atomic E-state index is -3.00. The van der Waals surface area contributed by atoms with E-state index in [1.807, 2.05) is 5.70 Å². The van der Waals surface area contributed by atoms with Crippen molar-refractivity contribution in [3.63, 3.8) is 0 Å². The van der Waals surface area contributed by atoms with Crippen molar-refractivity contribution >= 4 is 271 Å². The van der Waals surface area contributed by atoms with E-state index in [4.69, 9.17) is 124 Å². The first kappa shape index (κ1) is 157. The molecule has 0 heterocycles. The van der Waals surface area contributed by atoms with Crippen molar-refractivity contribution in [3.8, 4) is 0 Å². The lowest BCUT2D eigenvalue weighted by molar-refractivity contribution is -0.139. The van der Waals surface area contributed by atoms with Crippen molar-refractivity contribution in [3.05, 3.63) is 37.1 Å². The number of carbonyl (C=O) groups excluding carboxylic acids is 2. The molecule has 0 bridgehead atoms. The van der Waals surface area contributed by atoms with Crippen LogP contribution in [0.5, 0.6) is 0 Å². The summed E-state index contributed by atoms with van der Waals surface area (Å²) in [6.07, 6.45) is 4.33. The Morgan fingerprint density at radius 2 is 0.436 bits per heavy atom. The van der Waals surface area contributed by atoms with Crippen LogP contribution < -0.4 is 5.73 Å². The zero-order valence-electron chi connectivity index (χ0n) is 103. The number of ether oxygens (including phenoxy) is 2. The van der Waals surface area contributed by atoms with Crippen molar-refractivity contribution in [1.29, 1.82) is 0 Å². The van der Waals surface area contributed by atoms with Gasteiger partial charge in [-0.3, -0.25) is 0 Å². The number of carbonyl (C=O) groups is 2. The van der Waals surface area contributed by atoms with Gasteiger partial charge >= 0.3 is 73.6 Å². The zero-order valence-corrected chi connectivity index (χ0v) is 133. The molecule has 0 saturated heterocycles. The van der Waals surface area contributed by atoms with Gasteiger partial charge in [-0.15, -0.1) is 18.2 Å². The number of halogens is 2. The molecule has 0 aliphatic rings. The summed E-state index contributed by atoms with van der Waals surface area (Å²) in [5, 5.41) is 0. The summed E-state index contributed by atoms with van der Waals surface area (Å²) >= 11 is 12.5. The van der Waals surface area contributed by atoms with E-state index in [0.717, 1.165) is 24.9 Å². The molecule has 0 aromatic heterocycles. The second kappa shape index (κ2) is 62.3. The monoisotopic (exact) mass is 2500 g/mol. The topological polar surface area (TPSA) is 272 Å². The van der Waals surface area contributed by atoms with Crippen LogP contribution in [-0.2, 0) is 105 Å². The van der Waals surface area contributed by atoms with Gasteiger partial charge < -0.3 is 102 Å². The molecule has 0 aliphatic carbocycles. The van der Waals surface area contributed by atoms with E-state index in [1.165, 1.54) is 6.08 Å². The van der Waals surface area contributed by atoms with Crippen LogP contribution in [0, 0.1) is 0 Å². The summed E-state index contributed by atoms with van der Waals surface area (Å²) in [4.78, 5) is 22.8. The van der Waals surface area contributed by atoms with E-state index in [0.29, 0.717) is 56.1 Å². The Kier molecular flexibility index (Phi) is 69.8. The number of esters is 2. The van der Waals surface area contributed by atoms with Gasteiger partial charge in [0.2, 0.25) is 0 Å². The lowest BCUT2D eigenvalue weighted by Crippen LogP contribution is -2.60. The summed E-state index contributed by atoms with van der Waals surface area (Å²) in [5.74, 6) is -0.116. The molecule has 0 saturated carbocycles. The van der Waals surface area contributed by atoms with Crippen LogP contribution in [0.15, 0.2) is 37.1 Å². The minimum absolute atomic E-state index is 0.332. The van der Waals surface area contributed by atoms with Crippen molar-refractivity contribution in [1.82, 2.24) is 0 Å². The molecule has 0 unspecified atom stereocenters. The normalized spacial score (nSPS) is 14.4. The summed E-state index contributed by atoms with van der Waals surface area (Å²) in [6.45, 7) is 151. The van der Waals surface area contributed by atoms with Crippen molar-refractivity contribution in [2.24, 2.45) is 5.73 Å². The van der Waals surface area contributed by atoms with Crippen LogP contribution in [0.1, 0.15) is 32.6 Å². The standard InChI is InChI=1S/C16H38O5Si4.C15H36O5Si4.C12H33ClO3Si4.C12H35NO3Si4.C11H30O3Si4.C9H27ClO3Si4.C9H28O3Si4/c1-15(2)16(17)18-13-12-14-25(19-22(3,4)5,20-23(6,7)8)21-24(9,10)11;1-11-15(16)17-13-12-14-24(18-21(2,3)4,19-22(5,6)7)20-23(8,9)10;2*1-17(2,3)14-20(12-10-11-13,15-18(4,5)6)16-19(7,8)9;1-11-18(12-15(2,3)4,13-16(5,6)7)14-17(8,9)10;1-14(2,3)11-17(10,12-15(4,5)6)13-16(7,8)9;1-14(2,3)10-13(11-15(4,5)6)12-16(7,8)9/h1,12-14H2,2-11H3;11H,1,12-14H2,2-10H3;10-12H2,1-9H3;10-13H2,1-9H3;11H,1H2,2-10H3;1-9H3;13H,1-9H3. The molecule has 2 N–H and O–H groups in total. The fraction of sp³-hybridized carbons (Fsp3) is 0.905. The highest BCUT2D eigenvalue weighted by Crippen LogP contribution is 2.37. The smallest absolute Gasteiger partial charge is 0.463 e. The third kappa shape index (κ3) is 108. The number of hydrogen-bond donors (Lipinski definition) is 1. The summed E-state index contributed by atoms with van der Waals surface area (Å²) in [7, 11) is -55.2. The molecule has 844 valence electrons. The van der Waals surface area contributed by atoms with E-state index in [1.54, 1.807) is 6.92 Å². The fourth-order valence-electron chi connectivity index (χ4n) is 11.7. The molecule has 0 atom stereocenters. The number of nitrogens with two attached hydrogens (primary N) is 1. The van der Waals surface area contributed by atoms with Crippen LogP contribution in [0.2, 0.25) is 437 Å². The van der Waals surface area contributed by atoms with E-state index in [9.17, 15) is 9.59 Å². The fourth-order valence-corrected chi connectivity index (χ4v) is 109. The molecule has 56 heteroatoms. The first-order chi connectivity index (χ1) is 60.5. The summed E-state index contributed by atoms with van der Waals surface area (Å²) in [6, 6.07) is 3.04. The van der Waals surface area contributed by atoms with E-state index in [-0.39, 0.29) is 5.97 Å². The molecule has 0 aliphatic heterocycles. The molecule has 0 radical (unpaired) electrons. The molecular formula is C84H227Cl2NO25Si28. The van der Waals surface area contributed by atoms with E-state index >= 15 is 0 Å². The Labute approximate surface area is 905 Å². The van der Waals surface area contributed by atoms with Gasteiger partial charge in [-0.2, -0.15) is 0 Å². The Hall–Kier alpha value is 3.93. The largest absolute Gasteiger partial charge is 0.581 e. The third-order valence-corrected chi connectivity index (χ3v) is 96.2. The Balaban J connectivity index is -0.000000296. The quantitative estimate of drug-likeness (QED) is 0.0148. The average molecular weight is 2510 g/mol. The first-order valence-electron chi connectivity index (χ1n) is 50.3. The number of rotatable bonds is 59. The predicted octanol–water partition coefficient (Wildman–Crippen LogP) is 30.2. The van der Waals surface area contributed by atoms with Crippen LogP contribution in [0.25, 0.3) is 0 Å². The van der Waals surface area contributed by atoms with Crippen molar-refractivity contribution in [2.75, 3.05) is 25.6 Å². The molecule has 0 spiro atoms. The van der Waals surface area contributed by atoms with Crippen LogP contribution in [0.3, 0.4) is 0 Å². The lowest BCUT2D eigenvalue weighted by atomic mass is 10.4. The minimum Gasteiger partial charge on any atom is -0.463 e. The van der Waals surface area contributed by atoms with Gasteiger partial charge in [0.25, 0.3) is 0 Å². The molecule has 0 rings (SSSR count). The second-order valence-corrected chi connectivity index (χ2v) is 175. The van der Waals surface area contributed by atoms with Gasteiger partial charge in [0.1, 0.15) is 0 Å². The van der Waals surface area contributed by atoms with Gasteiger partial charge in [0, 0.05) is 41.7 Å². The maximum atomic E-state index is 11.6. The van der Waals surface area contributed by atoms with Crippen molar-refractivity contribution < 1.29 is 105 Å². The number of alkyl halides is 1. The summed E-state index contributed by atoms with van der Waals surface area (Å²) in [5.41, 5.74) is 7.95. The zero-order chi connectivity index (χ0) is 114. The van der Waals surface area contributed by atoms with Gasteiger partial charge in [0.05, 0.1) is 13.2 Å². The first-order valence-corrected chi connectivity index (χ1v) is 136. The Morgan fingerprint density at radius 3 is 0.579 bits per heavy atom. The highest BCUT2D eigenvalue weighted by Gasteiger charge is 2.56. The van der Waals surface area contributed by atoms with Crippen LogP contribution in [-0.4, -0.2) is 274 Å². The Bertz CT molecular complexity index is 3140. The highest BCUT2D eigenvalue weighted by atomic mass is 35.6. The van der Waals surface area contributed by atoms with Gasteiger partial charge in [-0.25, -0.2) is 9.59 Å². The molecule has 140 heavy (non-hydrogen) atoms. The molecular weight excluding hydrogens is 2280 g/mol. The van der Waals surface area contributed by atoms with Crippen LogP contribution >= 0.6 is 22.7 Å². The Morgan fingerprint density at radius 1 is 0.264 bits per heavy atom. The average Bonchev–Trinajstić information content (AvgIpc) is 0.805. The third-order valence-electron chi connectivity index (χ3n) is 13.3. The molecule has 0 fully saturated rings. The second-order valence-electron chi connectivity index (χ2n) is 56.0. The molecule has 0 aromatic rings. The lowest BCUT2D eigenvalue weighted by Gasteiger charge is -2.43. The maximum Gasteiger partial charge on any atom is 0.581 e. The predicted molar refractivity (Wildman–Crippen MR) is 675 cm³/mol. The van der Waals surface area contributed by atoms with Gasteiger partial charge in [-0.05, 0) is 457 Å². The van der Waals surface area contributed by atoms with Crippen molar-refractivity contribution in [2.45, 2.75) is 469 Å². The van der Waals surface area contributed by atoms with E-state index in [2.05, 4.69) is 432 Å².